The minimum absolute atomic E-state index is 0. The Balaban J connectivity index is 0.00000288. The van der Waals surface area contributed by atoms with Crippen LogP contribution in [0, 0.1) is 0 Å². The van der Waals surface area contributed by atoms with E-state index in [-0.39, 0.29) is 29.9 Å². The topological polar surface area (TPSA) is 77.1 Å². The van der Waals surface area contributed by atoms with Crippen LogP contribution in [-0.2, 0) is 20.9 Å². The van der Waals surface area contributed by atoms with Gasteiger partial charge in [-0.05, 0) is 18.4 Å². The van der Waals surface area contributed by atoms with Gasteiger partial charge in [0.15, 0.2) is 5.96 Å². The lowest BCUT2D eigenvalue weighted by atomic mass is 10.2. The van der Waals surface area contributed by atoms with Crippen LogP contribution in [0.25, 0.3) is 0 Å². The summed E-state index contributed by atoms with van der Waals surface area (Å²) in [6.45, 7) is 3.95. The third kappa shape index (κ3) is 7.96. The van der Waals surface area contributed by atoms with Crippen molar-refractivity contribution in [3.63, 3.8) is 0 Å². The molecule has 7 heteroatoms. The molecule has 0 aliphatic carbocycles. The number of rotatable bonds is 7. The zero-order chi connectivity index (χ0) is 16.3. The standard InChI is InChI=1S/C17H25N3O3.HI/c18-17(20-10-12-22-13-11-20)19-9-5-4-8-16(21)23-14-15-6-2-1-3-7-15;/h1-3,6-7H,4-5,8-14H2,(H2,18,19);1H. The van der Waals surface area contributed by atoms with Crippen molar-refractivity contribution in [3.8, 4) is 0 Å². The van der Waals surface area contributed by atoms with E-state index in [9.17, 15) is 4.79 Å². The van der Waals surface area contributed by atoms with E-state index in [4.69, 9.17) is 15.2 Å². The van der Waals surface area contributed by atoms with Crippen molar-refractivity contribution in [1.82, 2.24) is 4.90 Å². The minimum Gasteiger partial charge on any atom is -0.461 e. The Morgan fingerprint density at radius 3 is 2.62 bits per heavy atom. The van der Waals surface area contributed by atoms with Crippen molar-refractivity contribution >= 4 is 35.9 Å². The molecule has 0 atom stereocenters. The zero-order valence-corrected chi connectivity index (χ0v) is 16.2. The number of nitrogens with two attached hydrogens (primary N) is 1. The number of carbonyl (C=O) groups excluding carboxylic acids is 1. The first-order chi connectivity index (χ1) is 11.3. The van der Waals surface area contributed by atoms with Gasteiger partial charge < -0.3 is 20.1 Å². The first-order valence-electron chi connectivity index (χ1n) is 8.08. The number of benzene rings is 1. The minimum atomic E-state index is -0.168. The molecule has 1 aromatic rings. The molecule has 0 amide bonds. The van der Waals surface area contributed by atoms with Crippen molar-refractivity contribution in [3.05, 3.63) is 35.9 Å². The van der Waals surface area contributed by atoms with E-state index in [1.54, 1.807) is 0 Å². The summed E-state index contributed by atoms with van der Waals surface area (Å²) in [5.74, 6) is 0.402. The third-order valence-corrected chi connectivity index (χ3v) is 3.64. The Labute approximate surface area is 160 Å². The average Bonchev–Trinajstić information content (AvgIpc) is 2.61. The lowest BCUT2D eigenvalue weighted by Crippen LogP contribution is -2.44. The molecule has 1 aliphatic heterocycles. The van der Waals surface area contributed by atoms with Crippen LogP contribution in [0.4, 0.5) is 0 Å². The summed E-state index contributed by atoms with van der Waals surface area (Å²) >= 11 is 0. The van der Waals surface area contributed by atoms with Gasteiger partial charge in [-0.15, -0.1) is 24.0 Å². The Morgan fingerprint density at radius 1 is 1.21 bits per heavy atom. The number of nitrogens with zero attached hydrogens (tertiary/aromatic N) is 2. The van der Waals surface area contributed by atoms with Crippen molar-refractivity contribution in [2.45, 2.75) is 25.9 Å². The second-order valence-electron chi connectivity index (χ2n) is 5.44. The Kier molecular flexibility index (Phi) is 10.4. The number of morpholine rings is 1. The number of halogens is 1. The summed E-state index contributed by atoms with van der Waals surface area (Å²) in [5.41, 5.74) is 6.93. The quantitative estimate of drug-likeness (QED) is 0.228. The highest BCUT2D eigenvalue weighted by atomic mass is 127. The second kappa shape index (κ2) is 12.1. The molecule has 1 heterocycles. The first kappa shape index (κ1) is 20.7. The molecule has 0 bridgehead atoms. The van der Waals surface area contributed by atoms with Crippen LogP contribution in [0.15, 0.2) is 35.3 Å². The number of aliphatic imine (C=N–C) groups is 1. The molecule has 0 unspecified atom stereocenters. The number of unbranched alkanes of at least 4 members (excludes halogenated alkanes) is 1. The molecule has 1 aromatic carbocycles. The lowest BCUT2D eigenvalue weighted by molar-refractivity contribution is -0.145. The maximum atomic E-state index is 11.7. The molecule has 2 N–H and O–H groups in total. The number of hydrogen-bond donors (Lipinski definition) is 1. The zero-order valence-electron chi connectivity index (χ0n) is 13.9. The Bertz CT molecular complexity index is 505. The predicted molar refractivity (Wildman–Crippen MR) is 104 cm³/mol. The number of ether oxygens (including phenoxy) is 2. The largest absolute Gasteiger partial charge is 0.461 e. The molecule has 0 aromatic heterocycles. The first-order valence-corrected chi connectivity index (χ1v) is 8.08. The highest BCUT2D eigenvalue weighted by Gasteiger charge is 2.11. The maximum Gasteiger partial charge on any atom is 0.306 e. The fourth-order valence-electron chi connectivity index (χ4n) is 2.28. The lowest BCUT2D eigenvalue weighted by Gasteiger charge is -2.27. The molecule has 134 valence electrons. The molecule has 0 saturated carbocycles. The smallest absolute Gasteiger partial charge is 0.306 e. The van der Waals surface area contributed by atoms with Crippen LogP contribution < -0.4 is 5.73 Å². The number of esters is 1. The molecular formula is C17H26IN3O3. The summed E-state index contributed by atoms with van der Waals surface area (Å²) in [4.78, 5) is 18.0. The summed E-state index contributed by atoms with van der Waals surface area (Å²) in [5, 5.41) is 0. The van der Waals surface area contributed by atoms with Gasteiger partial charge in [-0.1, -0.05) is 30.3 Å². The highest BCUT2D eigenvalue weighted by molar-refractivity contribution is 14.0. The van der Waals surface area contributed by atoms with Crippen molar-refractivity contribution in [2.75, 3.05) is 32.8 Å². The van der Waals surface area contributed by atoms with Crippen molar-refractivity contribution in [1.29, 1.82) is 0 Å². The fourth-order valence-corrected chi connectivity index (χ4v) is 2.28. The molecular weight excluding hydrogens is 421 g/mol. The van der Waals surface area contributed by atoms with Crippen LogP contribution >= 0.6 is 24.0 Å². The summed E-state index contributed by atoms with van der Waals surface area (Å²) < 4.78 is 10.5. The van der Waals surface area contributed by atoms with Gasteiger partial charge in [-0.3, -0.25) is 9.79 Å². The van der Waals surface area contributed by atoms with E-state index in [1.165, 1.54) is 0 Å². The van der Waals surface area contributed by atoms with E-state index in [2.05, 4.69) is 4.99 Å². The Morgan fingerprint density at radius 2 is 1.92 bits per heavy atom. The van der Waals surface area contributed by atoms with E-state index in [1.807, 2.05) is 35.2 Å². The summed E-state index contributed by atoms with van der Waals surface area (Å²) in [6.07, 6.45) is 2.00. The van der Waals surface area contributed by atoms with E-state index in [0.29, 0.717) is 38.7 Å². The van der Waals surface area contributed by atoms with E-state index >= 15 is 0 Å². The van der Waals surface area contributed by atoms with Gasteiger partial charge in [0, 0.05) is 26.1 Å². The molecule has 1 aliphatic rings. The Hall–Kier alpha value is -1.35. The summed E-state index contributed by atoms with van der Waals surface area (Å²) in [6, 6.07) is 9.68. The monoisotopic (exact) mass is 447 g/mol. The van der Waals surface area contributed by atoms with Gasteiger partial charge >= 0.3 is 5.97 Å². The average molecular weight is 447 g/mol. The molecule has 0 spiro atoms. The van der Waals surface area contributed by atoms with Gasteiger partial charge in [0.2, 0.25) is 0 Å². The van der Waals surface area contributed by atoms with Crippen LogP contribution in [0.2, 0.25) is 0 Å². The molecule has 1 saturated heterocycles. The van der Waals surface area contributed by atoms with E-state index in [0.717, 1.165) is 31.5 Å². The van der Waals surface area contributed by atoms with Gasteiger partial charge in [-0.25, -0.2) is 0 Å². The molecule has 24 heavy (non-hydrogen) atoms. The van der Waals surface area contributed by atoms with E-state index < -0.39 is 0 Å². The predicted octanol–water partition coefficient (Wildman–Crippen LogP) is 2.17. The number of hydrogen-bond acceptors (Lipinski definition) is 4. The van der Waals surface area contributed by atoms with Gasteiger partial charge in [0.25, 0.3) is 0 Å². The maximum absolute atomic E-state index is 11.7. The second-order valence-corrected chi connectivity index (χ2v) is 5.44. The van der Waals surface area contributed by atoms with Crippen LogP contribution in [0.3, 0.4) is 0 Å². The molecule has 1 fully saturated rings. The number of carbonyl (C=O) groups is 1. The van der Waals surface area contributed by atoms with Crippen LogP contribution in [0.1, 0.15) is 24.8 Å². The van der Waals surface area contributed by atoms with Gasteiger partial charge in [-0.2, -0.15) is 0 Å². The fraction of sp³-hybridized carbons (Fsp3) is 0.529. The number of guanidine groups is 1. The molecule has 0 radical (unpaired) electrons. The highest BCUT2D eigenvalue weighted by Crippen LogP contribution is 2.04. The molecule has 2 rings (SSSR count). The normalized spacial score (nSPS) is 14.8. The SMILES string of the molecule is I.NC(=NCCCCC(=O)OCc1ccccc1)N1CCOCC1. The van der Waals surface area contributed by atoms with Crippen molar-refractivity contribution < 1.29 is 14.3 Å². The third-order valence-electron chi connectivity index (χ3n) is 3.64. The van der Waals surface area contributed by atoms with Crippen LogP contribution in [-0.4, -0.2) is 49.7 Å². The molecule has 6 nitrogen and oxygen atoms in total. The van der Waals surface area contributed by atoms with Gasteiger partial charge in [0.1, 0.15) is 6.61 Å². The van der Waals surface area contributed by atoms with Crippen molar-refractivity contribution in [2.24, 2.45) is 10.7 Å². The summed E-state index contributed by atoms with van der Waals surface area (Å²) in [7, 11) is 0. The van der Waals surface area contributed by atoms with Crippen LogP contribution in [0.5, 0.6) is 0 Å². The van der Waals surface area contributed by atoms with Gasteiger partial charge in [0.05, 0.1) is 13.2 Å².